The van der Waals surface area contributed by atoms with Gasteiger partial charge in [0.05, 0.1) is 12.0 Å². The number of carbonyl (C=O) groups excluding carboxylic acids is 1. The average molecular weight is 261 g/mol. The Morgan fingerprint density at radius 1 is 1.32 bits per heavy atom. The molecule has 2 N–H and O–H groups in total. The third kappa shape index (κ3) is 3.34. The Balaban J connectivity index is 1.93. The molecule has 0 spiro atoms. The van der Waals surface area contributed by atoms with Crippen LogP contribution in [0, 0.1) is 5.41 Å². The summed E-state index contributed by atoms with van der Waals surface area (Å²) in [5.41, 5.74) is 1.07. The van der Waals surface area contributed by atoms with Crippen molar-refractivity contribution in [2.75, 3.05) is 6.54 Å². The van der Waals surface area contributed by atoms with E-state index in [0.717, 1.165) is 6.42 Å². The highest BCUT2D eigenvalue weighted by Gasteiger charge is 2.40. The summed E-state index contributed by atoms with van der Waals surface area (Å²) in [6.07, 6.45) is 3.56. The molecule has 1 aliphatic rings. The van der Waals surface area contributed by atoms with E-state index in [0.29, 0.717) is 17.5 Å². The Labute approximate surface area is 112 Å². The van der Waals surface area contributed by atoms with Crippen LogP contribution in [0.25, 0.3) is 0 Å². The second-order valence-electron chi connectivity index (χ2n) is 5.27. The van der Waals surface area contributed by atoms with E-state index in [1.807, 2.05) is 0 Å². The molecule has 1 aliphatic carbocycles. The molecule has 0 unspecified atom stereocenters. The molecule has 0 bridgehead atoms. The van der Waals surface area contributed by atoms with Crippen molar-refractivity contribution in [2.45, 2.75) is 32.6 Å². The Morgan fingerprint density at radius 3 is 2.58 bits per heavy atom. The van der Waals surface area contributed by atoms with Gasteiger partial charge in [0.25, 0.3) is 0 Å². The molecule has 0 aromatic heterocycles. The Morgan fingerprint density at radius 2 is 2.00 bits per heavy atom. The SMILES string of the molecule is CCC1(CNC(=O)Cc2ccccc2C(=O)O)CC1. The molecule has 0 aliphatic heterocycles. The van der Waals surface area contributed by atoms with Gasteiger partial charge in [0.2, 0.25) is 5.91 Å². The Hall–Kier alpha value is -1.84. The number of rotatable bonds is 6. The maximum atomic E-state index is 11.9. The average Bonchev–Trinajstić information content (AvgIpc) is 3.17. The van der Waals surface area contributed by atoms with Gasteiger partial charge in [-0.25, -0.2) is 4.79 Å². The van der Waals surface area contributed by atoms with Crippen molar-refractivity contribution in [1.82, 2.24) is 5.32 Å². The summed E-state index contributed by atoms with van der Waals surface area (Å²) in [6.45, 7) is 2.84. The first-order chi connectivity index (χ1) is 9.06. The number of carboxylic acid groups (broad SMARTS) is 1. The minimum atomic E-state index is -0.990. The molecule has 2 rings (SSSR count). The number of nitrogens with one attached hydrogen (secondary N) is 1. The highest BCUT2D eigenvalue weighted by Crippen LogP contribution is 2.47. The summed E-state index contributed by atoms with van der Waals surface area (Å²) in [4.78, 5) is 22.9. The third-order valence-electron chi connectivity index (χ3n) is 3.97. The number of hydrogen-bond acceptors (Lipinski definition) is 2. The molecule has 1 saturated carbocycles. The monoisotopic (exact) mass is 261 g/mol. The van der Waals surface area contributed by atoms with Crippen LogP contribution in [0.2, 0.25) is 0 Å². The van der Waals surface area contributed by atoms with Crippen LogP contribution in [-0.4, -0.2) is 23.5 Å². The Bertz CT molecular complexity index is 492. The fourth-order valence-corrected chi connectivity index (χ4v) is 2.24. The van der Waals surface area contributed by atoms with Gasteiger partial charge in [-0.05, 0) is 36.3 Å². The highest BCUT2D eigenvalue weighted by atomic mass is 16.4. The van der Waals surface area contributed by atoms with E-state index in [1.165, 1.54) is 18.9 Å². The fraction of sp³-hybridized carbons (Fsp3) is 0.467. The van der Waals surface area contributed by atoms with Crippen molar-refractivity contribution in [2.24, 2.45) is 5.41 Å². The number of hydrogen-bond donors (Lipinski definition) is 2. The van der Waals surface area contributed by atoms with E-state index in [-0.39, 0.29) is 17.9 Å². The van der Waals surface area contributed by atoms with Gasteiger partial charge in [-0.3, -0.25) is 4.79 Å². The van der Waals surface area contributed by atoms with Crippen LogP contribution >= 0.6 is 0 Å². The second kappa shape index (κ2) is 5.43. The van der Waals surface area contributed by atoms with Gasteiger partial charge in [-0.1, -0.05) is 25.1 Å². The van der Waals surface area contributed by atoms with Crippen LogP contribution in [0.1, 0.15) is 42.1 Å². The molecular weight excluding hydrogens is 242 g/mol. The molecule has 1 aromatic rings. The Kier molecular flexibility index (Phi) is 3.88. The van der Waals surface area contributed by atoms with Crippen molar-refractivity contribution in [3.63, 3.8) is 0 Å². The summed E-state index contributed by atoms with van der Waals surface area (Å²) < 4.78 is 0. The summed E-state index contributed by atoms with van der Waals surface area (Å²) in [5, 5.41) is 12.0. The summed E-state index contributed by atoms with van der Waals surface area (Å²) in [6, 6.07) is 6.64. The van der Waals surface area contributed by atoms with Crippen LogP contribution in [0.4, 0.5) is 0 Å². The second-order valence-corrected chi connectivity index (χ2v) is 5.27. The van der Waals surface area contributed by atoms with Crippen LogP contribution in [0.3, 0.4) is 0 Å². The number of aromatic carboxylic acids is 1. The first kappa shape index (κ1) is 13.6. The third-order valence-corrected chi connectivity index (χ3v) is 3.97. The molecule has 1 fully saturated rings. The maximum absolute atomic E-state index is 11.9. The molecule has 102 valence electrons. The normalized spacial score (nSPS) is 15.8. The van der Waals surface area contributed by atoms with E-state index in [9.17, 15) is 9.59 Å². The van der Waals surface area contributed by atoms with Gasteiger partial charge in [0, 0.05) is 6.54 Å². The lowest BCUT2D eigenvalue weighted by molar-refractivity contribution is -0.120. The van der Waals surface area contributed by atoms with Gasteiger partial charge in [0.15, 0.2) is 0 Å². The smallest absolute Gasteiger partial charge is 0.335 e. The first-order valence-electron chi connectivity index (χ1n) is 6.64. The van der Waals surface area contributed by atoms with E-state index in [1.54, 1.807) is 18.2 Å². The van der Waals surface area contributed by atoms with Crippen molar-refractivity contribution in [3.05, 3.63) is 35.4 Å². The topological polar surface area (TPSA) is 66.4 Å². The molecule has 19 heavy (non-hydrogen) atoms. The molecule has 1 amide bonds. The number of amides is 1. The van der Waals surface area contributed by atoms with Crippen molar-refractivity contribution in [3.8, 4) is 0 Å². The van der Waals surface area contributed by atoms with Gasteiger partial charge in [-0.15, -0.1) is 0 Å². The minimum Gasteiger partial charge on any atom is -0.478 e. The molecular formula is C15H19NO3. The standard InChI is InChI=1S/C15H19NO3/c1-2-15(7-8-15)10-16-13(17)9-11-5-3-4-6-12(11)14(18)19/h3-6H,2,7-10H2,1H3,(H,16,17)(H,18,19). The lowest BCUT2D eigenvalue weighted by Crippen LogP contribution is -2.31. The molecule has 0 saturated heterocycles. The van der Waals surface area contributed by atoms with Gasteiger partial charge in [-0.2, -0.15) is 0 Å². The first-order valence-corrected chi connectivity index (χ1v) is 6.64. The zero-order valence-corrected chi connectivity index (χ0v) is 11.1. The van der Waals surface area contributed by atoms with Crippen LogP contribution in [0.5, 0.6) is 0 Å². The van der Waals surface area contributed by atoms with Crippen molar-refractivity contribution in [1.29, 1.82) is 0 Å². The maximum Gasteiger partial charge on any atom is 0.335 e. The van der Waals surface area contributed by atoms with Crippen LogP contribution in [0.15, 0.2) is 24.3 Å². The van der Waals surface area contributed by atoms with E-state index < -0.39 is 5.97 Å². The minimum absolute atomic E-state index is 0.103. The van der Waals surface area contributed by atoms with E-state index in [4.69, 9.17) is 5.11 Å². The van der Waals surface area contributed by atoms with E-state index >= 15 is 0 Å². The zero-order valence-electron chi connectivity index (χ0n) is 11.1. The molecule has 1 aromatic carbocycles. The zero-order chi connectivity index (χ0) is 13.9. The van der Waals surface area contributed by atoms with Gasteiger partial charge < -0.3 is 10.4 Å². The van der Waals surface area contributed by atoms with Crippen molar-refractivity contribution >= 4 is 11.9 Å². The number of benzene rings is 1. The molecule has 4 nitrogen and oxygen atoms in total. The number of carboxylic acids is 1. The fourth-order valence-electron chi connectivity index (χ4n) is 2.24. The lowest BCUT2D eigenvalue weighted by atomic mass is 10.0. The lowest BCUT2D eigenvalue weighted by Gasteiger charge is -2.13. The van der Waals surface area contributed by atoms with E-state index in [2.05, 4.69) is 12.2 Å². The van der Waals surface area contributed by atoms with Gasteiger partial charge >= 0.3 is 5.97 Å². The summed E-state index contributed by atoms with van der Waals surface area (Å²) >= 11 is 0. The summed E-state index contributed by atoms with van der Waals surface area (Å²) in [7, 11) is 0. The quantitative estimate of drug-likeness (QED) is 0.825. The predicted molar refractivity (Wildman–Crippen MR) is 72.1 cm³/mol. The molecule has 0 heterocycles. The number of carbonyl (C=O) groups is 2. The molecule has 4 heteroatoms. The molecule has 0 radical (unpaired) electrons. The molecule has 0 atom stereocenters. The largest absolute Gasteiger partial charge is 0.478 e. The van der Waals surface area contributed by atoms with Crippen LogP contribution in [-0.2, 0) is 11.2 Å². The summed E-state index contributed by atoms with van der Waals surface area (Å²) in [5.74, 6) is -1.09. The van der Waals surface area contributed by atoms with Crippen molar-refractivity contribution < 1.29 is 14.7 Å². The van der Waals surface area contributed by atoms with Gasteiger partial charge in [0.1, 0.15) is 0 Å². The van der Waals surface area contributed by atoms with Crippen LogP contribution < -0.4 is 5.32 Å². The predicted octanol–water partition coefficient (Wildman–Crippen LogP) is 2.23. The highest BCUT2D eigenvalue weighted by molar-refractivity contribution is 5.91.